The van der Waals surface area contributed by atoms with Crippen molar-refractivity contribution in [2.75, 3.05) is 11.4 Å². The molecule has 1 fully saturated rings. The van der Waals surface area contributed by atoms with Gasteiger partial charge in [-0.2, -0.15) is 0 Å². The maximum Gasteiger partial charge on any atom is 0.249 e. The van der Waals surface area contributed by atoms with Crippen molar-refractivity contribution in [2.24, 2.45) is 0 Å². The van der Waals surface area contributed by atoms with Crippen LogP contribution in [0.25, 0.3) is 0 Å². The molecule has 0 spiro atoms. The topological polar surface area (TPSA) is 49.4 Å². The van der Waals surface area contributed by atoms with Gasteiger partial charge in [-0.15, -0.1) is 0 Å². The molecule has 94 valence electrons. The van der Waals surface area contributed by atoms with Gasteiger partial charge in [0.25, 0.3) is 0 Å². The number of carbonyl (C=O) groups is 2. The van der Waals surface area contributed by atoms with Crippen LogP contribution in [0.3, 0.4) is 0 Å². The van der Waals surface area contributed by atoms with Gasteiger partial charge < -0.3 is 4.90 Å². The van der Waals surface area contributed by atoms with Crippen LogP contribution >= 0.6 is 0 Å². The van der Waals surface area contributed by atoms with Crippen molar-refractivity contribution in [2.45, 2.75) is 32.2 Å². The van der Waals surface area contributed by atoms with Crippen molar-refractivity contribution in [1.29, 1.82) is 0 Å². The summed E-state index contributed by atoms with van der Waals surface area (Å²) in [7, 11) is 0. The Morgan fingerprint density at radius 3 is 2.89 bits per heavy atom. The number of aryl methyl sites for hydroxylation is 1. The van der Waals surface area contributed by atoms with E-state index in [1.165, 1.54) is 11.1 Å². The second-order valence-electron chi connectivity index (χ2n) is 4.98. The first-order chi connectivity index (χ1) is 8.66. The minimum Gasteiger partial charge on any atom is -0.359 e. The monoisotopic (exact) mass is 244 g/mol. The van der Waals surface area contributed by atoms with Crippen LogP contribution < -0.4 is 10.2 Å². The van der Waals surface area contributed by atoms with Gasteiger partial charge in [-0.3, -0.25) is 14.9 Å². The predicted octanol–water partition coefficient (Wildman–Crippen LogP) is 1.16. The number of hydrogen-bond donors (Lipinski definition) is 1. The van der Waals surface area contributed by atoms with Gasteiger partial charge in [0.1, 0.15) is 6.04 Å². The van der Waals surface area contributed by atoms with E-state index in [9.17, 15) is 9.59 Å². The number of anilines is 1. The summed E-state index contributed by atoms with van der Waals surface area (Å²) in [6.45, 7) is 2.97. The molecule has 2 amide bonds. The molecule has 2 aliphatic heterocycles. The van der Waals surface area contributed by atoms with Crippen LogP contribution in [0.2, 0.25) is 0 Å². The van der Waals surface area contributed by atoms with Crippen molar-refractivity contribution >= 4 is 17.5 Å². The molecule has 1 unspecified atom stereocenters. The molecular formula is C14H16N2O2. The average molecular weight is 244 g/mol. The van der Waals surface area contributed by atoms with Gasteiger partial charge in [-0.1, -0.05) is 12.1 Å². The molecule has 1 atom stereocenters. The molecule has 18 heavy (non-hydrogen) atoms. The largest absolute Gasteiger partial charge is 0.359 e. The molecule has 1 aromatic carbocycles. The maximum absolute atomic E-state index is 11.9. The van der Waals surface area contributed by atoms with Gasteiger partial charge in [-0.05, 0) is 37.0 Å². The quantitative estimate of drug-likeness (QED) is 0.754. The summed E-state index contributed by atoms with van der Waals surface area (Å²) in [5.41, 5.74) is 3.77. The Bertz CT molecular complexity index is 525. The summed E-state index contributed by atoms with van der Waals surface area (Å²) in [4.78, 5) is 25.2. The first-order valence-corrected chi connectivity index (χ1v) is 6.35. The fourth-order valence-electron chi connectivity index (χ4n) is 2.94. The summed E-state index contributed by atoms with van der Waals surface area (Å²) in [5.74, 6) is -0.305. The number of imide groups is 1. The first-order valence-electron chi connectivity index (χ1n) is 6.35. The maximum atomic E-state index is 11.9. The summed E-state index contributed by atoms with van der Waals surface area (Å²) < 4.78 is 0. The smallest absolute Gasteiger partial charge is 0.249 e. The first kappa shape index (κ1) is 11.3. The molecule has 0 bridgehead atoms. The lowest BCUT2D eigenvalue weighted by molar-refractivity contribution is -0.134. The molecule has 4 nitrogen and oxygen atoms in total. The van der Waals surface area contributed by atoms with E-state index < -0.39 is 0 Å². The van der Waals surface area contributed by atoms with Crippen molar-refractivity contribution in [3.63, 3.8) is 0 Å². The van der Waals surface area contributed by atoms with Crippen LogP contribution in [0.5, 0.6) is 0 Å². The Morgan fingerprint density at radius 2 is 2.11 bits per heavy atom. The van der Waals surface area contributed by atoms with Crippen LogP contribution in [0.1, 0.15) is 24.0 Å². The third kappa shape index (κ3) is 1.68. The standard InChI is InChI=1S/C14H16N2O2/c1-9-3-2-4-11-10(9)7-8-16(11)12-5-6-13(17)15-14(12)18/h2-4,12H,5-8H2,1H3,(H,15,17,18). The number of rotatable bonds is 1. The molecule has 1 saturated heterocycles. The fourth-order valence-corrected chi connectivity index (χ4v) is 2.94. The molecule has 4 heteroatoms. The molecule has 0 radical (unpaired) electrons. The van der Waals surface area contributed by atoms with Crippen LogP contribution in [0.15, 0.2) is 18.2 Å². The Kier molecular flexibility index (Phi) is 2.58. The van der Waals surface area contributed by atoms with Gasteiger partial charge in [0.15, 0.2) is 0 Å². The molecule has 1 N–H and O–H groups in total. The van der Waals surface area contributed by atoms with Gasteiger partial charge in [0.2, 0.25) is 11.8 Å². The number of amides is 2. The van der Waals surface area contributed by atoms with Crippen molar-refractivity contribution < 1.29 is 9.59 Å². The highest BCUT2D eigenvalue weighted by Crippen LogP contribution is 2.33. The van der Waals surface area contributed by atoms with Gasteiger partial charge in [0.05, 0.1) is 0 Å². The molecule has 0 aromatic heterocycles. The zero-order valence-electron chi connectivity index (χ0n) is 10.4. The average Bonchev–Trinajstić information content (AvgIpc) is 2.74. The van der Waals surface area contributed by atoms with Gasteiger partial charge >= 0.3 is 0 Å². The number of piperidine rings is 1. The Hall–Kier alpha value is -1.84. The second-order valence-corrected chi connectivity index (χ2v) is 4.98. The number of hydrogen-bond acceptors (Lipinski definition) is 3. The highest BCUT2D eigenvalue weighted by atomic mass is 16.2. The number of carbonyl (C=O) groups excluding carboxylic acids is 2. The lowest BCUT2D eigenvalue weighted by atomic mass is 10.0. The summed E-state index contributed by atoms with van der Waals surface area (Å²) in [5, 5.41) is 2.43. The highest BCUT2D eigenvalue weighted by Gasteiger charge is 2.35. The van der Waals surface area contributed by atoms with E-state index in [1.54, 1.807) is 0 Å². The fraction of sp³-hybridized carbons (Fsp3) is 0.429. The van der Waals surface area contributed by atoms with Crippen molar-refractivity contribution in [3.8, 4) is 0 Å². The summed E-state index contributed by atoms with van der Waals surface area (Å²) in [6.07, 6.45) is 2.05. The minimum absolute atomic E-state index is 0.152. The van der Waals surface area contributed by atoms with E-state index in [-0.39, 0.29) is 17.9 Å². The molecule has 2 aliphatic rings. The van der Waals surface area contributed by atoms with Crippen LogP contribution in [0, 0.1) is 6.92 Å². The van der Waals surface area contributed by atoms with Crippen LogP contribution in [-0.4, -0.2) is 24.4 Å². The highest BCUT2D eigenvalue weighted by molar-refractivity contribution is 6.01. The SMILES string of the molecule is Cc1cccc2c1CCN2C1CCC(=O)NC1=O. The number of nitrogens with zero attached hydrogens (tertiary/aromatic N) is 1. The Morgan fingerprint density at radius 1 is 1.28 bits per heavy atom. The lowest BCUT2D eigenvalue weighted by Gasteiger charge is -2.31. The summed E-state index contributed by atoms with van der Waals surface area (Å²) in [6, 6.07) is 6.01. The molecule has 0 aliphatic carbocycles. The third-order valence-electron chi connectivity index (χ3n) is 3.88. The Labute approximate surface area is 106 Å². The zero-order valence-corrected chi connectivity index (χ0v) is 10.4. The number of fused-ring (bicyclic) bond motifs is 1. The minimum atomic E-state index is -0.189. The predicted molar refractivity (Wildman–Crippen MR) is 68.4 cm³/mol. The van der Waals surface area contributed by atoms with E-state index in [2.05, 4.69) is 29.3 Å². The number of benzene rings is 1. The second kappa shape index (κ2) is 4.12. The van der Waals surface area contributed by atoms with E-state index in [1.807, 2.05) is 6.07 Å². The summed E-state index contributed by atoms with van der Waals surface area (Å²) >= 11 is 0. The normalized spacial score (nSPS) is 22.9. The van der Waals surface area contributed by atoms with Crippen molar-refractivity contribution in [1.82, 2.24) is 5.32 Å². The molecule has 2 heterocycles. The van der Waals surface area contributed by atoms with Gasteiger partial charge in [0, 0.05) is 18.7 Å². The molecule has 1 aromatic rings. The lowest BCUT2D eigenvalue weighted by Crippen LogP contribution is -2.52. The van der Waals surface area contributed by atoms with E-state index in [0.29, 0.717) is 12.8 Å². The Balaban J connectivity index is 1.90. The molecular weight excluding hydrogens is 228 g/mol. The van der Waals surface area contributed by atoms with E-state index in [4.69, 9.17) is 0 Å². The van der Waals surface area contributed by atoms with E-state index in [0.717, 1.165) is 18.7 Å². The van der Waals surface area contributed by atoms with Crippen molar-refractivity contribution in [3.05, 3.63) is 29.3 Å². The van der Waals surface area contributed by atoms with Gasteiger partial charge in [-0.25, -0.2) is 0 Å². The number of nitrogens with one attached hydrogen (secondary N) is 1. The van der Waals surface area contributed by atoms with Crippen LogP contribution in [-0.2, 0) is 16.0 Å². The van der Waals surface area contributed by atoms with Crippen LogP contribution in [0.4, 0.5) is 5.69 Å². The third-order valence-corrected chi connectivity index (χ3v) is 3.88. The zero-order chi connectivity index (χ0) is 12.7. The molecule has 0 saturated carbocycles. The molecule has 3 rings (SSSR count). The van der Waals surface area contributed by atoms with E-state index >= 15 is 0 Å².